The van der Waals surface area contributed by atoms with Gasteiger partial charge in [0, 0.05) is 24.7 Å². The van der Waals surface area contributed by atoms with Crippen LogP contribution in [0, 0.1) is 0 Å². The van der Waals surface area contributed by atoms with Crippen LogP contribution in [-0.4, -0.2) is 39.4 Å². The second-order valence-electron chi connectivity index (χ2n) is 5.76. The quantitative estimate of drug-likeness (QED) is 0.838. The predicted octanol–water partition coefficient (Wildman–Crippen LogP) is 2.42. The topological polar surface area (TPSA) is 86.3 Å². The number of hydrogen-bond donors (Lipinski definition) is 1. The van der Waals surface area contributed by atoms with Gasteiger partial charge in [0.2, 0.25) is 18.6 Å². The number of fused-ring (bicyclic) bond motifs is 1. The van der Waals surface area contributed by atoms with Gasteiger partial charge in [-0.2, -0.15) is 0 Å². The Morgan fingerprint density at radius 2 is 1.85 bits per heavy atom. The van der Waals surface area contributed by atoms with Crippen molar-refractivity contribution in [3.8, 4) is 23.0 Å². The van der Waals surface area contributed by atoms with Gasteiger partial charge in [0.05, 0.1) is 19.9 Å². The van der Waals surface area contributed by atoms with Gasteiger partial charge in [-0.15, -0.1) is 0 Å². The van der Waals surface area contributed by atoms with Gasteiger partial charge in [-0.25, -0.2) is 0 Å². The summed E-state index contributed by atoms with van der Waals surface area (Å²) in [6.45, 7) is 1.35. The van der Waals surface area contributed by atoms with Crippen molar-refractivity contribution in [3.05, 3.63) is 36.4 Å². The van der Waals surface area contributed by atoms with Crippen molar-refractivity contribution in [3.63, 3.8) is 0 Å². The zero-order valence-corrected chi connectivity index (χ0v) is 15.3. The summed E-state index contributed by atoms with van der Waals surface area (Å²) in [6, 6.07) is 10.1. The molecule has 1 heterocycles. The van der Waals surface area contributed by atoms with Gasteiger partial charge in [-0.1, -0.05) is 0 Å². The van der Waals surface area contributed by atoms with Crippen LogP contribution in [0.25, 0.3) is 0 Å². The van der Waals surface area contributed by atoms with Crippen LogP contribution in [0.2, 0.25) is 0 Å². The summed E-state index contributed by atoms with van der Waals surface area (Å²) < 4.78 is 21.1. The minimum atomic E-state index is -0.367. The number of nitrogens with zero attached hydrogens (tertiary/aromatic N) is 1. The Hall–Kier alpha value is -3.42. The van der Waals surface area contributed by atoms with Crippen LogP contribution in [0.4, 0.5) is 11.4 Å². The van der Waals surface area contributed by atoms with Gasteiger partial charge in [-0.05, 0) is 24.3 Å². The van der Waals surface area contributed by atoms with E-state index in [0.29, 0.717) is 34.4 Å². The number of carbonyl (C=O) groups excluding carboxylic acids is 2. The first-order chi connectivity index (χ1) is 13.0. The smallest absolute Gasteiger partial charge is 0.244 e. The molecule has 0 fully saturated rings. The molecule has 142 valence electrons. The number of hydrogen-bond acceptors (Lipinski definition) is 6. The summed E-state index contributed by atoms with van der Waals surface area (Å²) in [5.74, 6) is 1.52. The summed E-state index contributed by atoms with van der Waals surface area (Å²) in [4.78, 5) is 26.0. The minimum absolute atomic E-state index is 0.153. The van der Waals surface area contributed by atoms with Crippen LogP contribution in [0.3, 0.4) is 0 Å². The van der Waals surface area contributed by atoms with Crippen LogP contribution in [0.1, 0.15) is 6.92 Å². The molecule has 2 aromatic rings. The van der Waals surface area contributed by atoms with Crippen molar-refractivity contribution in [2.24, 2.45) is 0 Å². The minimum Gasteiger partial charge on any atom is -0.497 e. The fourth-order valence-corrected chi connectivity index (χ4v) is 2.69. The van der Waals surface area contributed by atoms with Crippen LogP contribution in [0.15, 0.2) is 36.4 Å². The third-order valence-electron chi connectivity index (χ3n) is 4.01. The van der Waals surface area contributed by atoms with Gasteiger partial charge in [0.25, 0.3) is 0 Å². The van der Waals surface area contributed by atoms with Crippen molar-refractivity contribution in [1.82, 2.24) is 0 Å². The molecule has 0 spiro atoms. The lowest BCUT2D eigenvalue weighted by Gasteiger charge is -2.23. The Labute approximate surface area is 156 Å². The van der Waals surface area contributed by atoms with E-state index in [1.54, 1.807) is 36.4 Å². The number of benzene rings is 2. The number of amides is 2. The highest BCUT2D eigenvalue weighted by Crippen LogP contribution is 2.35. The summed E-state index contributed by atoms with van der Waals surface area (Å²) in [5, 5.41) is 2.75. The molecular weight excluding hydrogens is 352 g/mol. The fraction of sp³-hybridized carbons (Fsp3) is 0.263. The Bertz CT molecular complexity index is 867. The predicted molar refractivity (Wildman–Crippen MR) is 98.8 cm³/mol. The van der Waals surface area contributed by atoms with Crippen molar-refractivity contribution in [1.29, 1.82) is 0 Å². The van der Waals surface area contributed by atoms with E-state index in [2.05, 4.69) is 5.32 Å². The van der Waals surface area contributed by atoms with Gasteiger partial charge in [0.1, 0.15) is 18.0 Å². The first-order valence-corrected chi connectivity index (χ1v) is 8.21. The highest BCUT2D eigenvalue weighted by Gasteiger charge is 2.21. The molecule has 0 aromatic heterocycles. The third kappa shape index (κ3) is 4.05. The molecule has 1 N–H and O–H groups in total. The Morgan fingerprint density at radius 3 is 2.56 bits per heavy atom. The summed E-state index contributed by atoms with van der Waals surface area (Å²) in [6.07, 6.45) is 0. The van der Waals surface area contributed by atoms with Crippen LogP contribution < -0.4 is 29.2 Å². The molecule has 2 amide bonds. The van der Waals surface area contributed by atoms with E-state index in [0.717, 1.165) is 0 Å². The zero-order chi connectivity index (χ0) is 19.4. The van der Waals surface area contributed by atoms with E-state index in [1.807, 2.05) is 0 Å². The molecule has 0 unspecified atom stereocenters. The highest BCUT2D eigenvalue weighted by atomic mass is 16.7. The maximum absolute atomic E-state index is 12.5. The molecule has 0 saturated carbocycles. The number of rotatable bonds is 6. The third-order valence-corrected chi connectivity index (χ3v) is 4.01. The molecule has 0 bridgehead atoms. The molecule has 1 aliphatic rings. The number of carbonyl (C=O) groups is 2. The molecule has 27 heavy (non-hydrogen) atoms. The normalized spacial score (nSPS) is 11.7. The first kappa shape index (κ1) is 18.4. The SMILES string of the molecule is COc1ccc(OC)c(N(CC(=O)Nc2ccc3c(c2)OCO3)C(C)=O)c1. The molecule has 0 saturated heterocycles. The second-order valence-corrected chi connectivity index (χ2v) is 5.76. The lowest BCUT2D eigenvalue weighted by Crippen LogP contribution is -2.36. The van der Waals surface area contributed by atoms with Crippen molar-refractivity contribution < 1.29 is 28.5 Å². The van der Waals surface area contributed by atoms with E-state index < -0.39 is 0 Å². The van der Waals surface area contributed by atoms with E-state index in [-0.39, 0.29) is 25.2 Å². The summed E-state index contributed by atoms with van der Waals surface area (Å²) >= 11 is 0. The van der Waals surface area contributed by atoms with E-state index in [9.17, 15) is 9.59 Å². The number of methoxy groups -OCH3 is 2. The molecule has 3 rings (SSSR count). The second kappa shape index (κ2) is 7.86. The molecule has 1 aliphatic heterocycles. The summed E-state index contributed by atoms with van der Waals surface area (Å²) in [7, 11) is 3.02. The molecular formula is C19H20N2O6. The molecule has 0 radical (unpaired) electrons. The van der Waals surface area contributed by atoms with Crippen molar-refractivity contribution >= 4 is 23.2 Å². The number of ether oxygens (including phenoxy) is 4. The molecule has 0 atom stereocenters. The first-order valence-electron chi connectivity index (χ1n) is 8.21. The average Bonchev–Trinajstić information content (AvgIpc) is 3.13. The maximum atomic E-state index is 12.5. The number of anilines is 2. The van der Waals surface area contributed by atoms with Crippen LogP contribution in [-0.2, 0) is 9.59 Å². The van der Waals surface area contributed by atoms with Gasteiger partial charge in [0.15, 0.2) is 11.5 Å². The van der Waals surface area contributed by atoms with Gasteiger partial charge < -0.3 is 24.3 Å². The average molecular weight is 372 g/mol. The summed E-state index contributed by atoms with van der Waals surface area (Å²) in [5.41, 5.74) is 0.996. The van der Waals surface area contributed by atoms with E-state index >= 15 is 0 Å². The van der Waals surface area contributed by atoms with E-state index in [1.165, 1.54) is 26.0 Å². The Kier molecular flexibility index (Phi) is 5.35. The number of nitrogens with one attached hydrogen (secondary N) is 1. The largest absolute Gasteiger partial charge is 0.497 e. The fourth-order valence-electron chi connectivity index (χ4n) is 2.69. The maximum Gasteiger partial charge on any atom is 0.244 e. The van der Waals surface area contributed by atoms with Crippen LogP contribution in [0.5, 0.6) is 23.0 Å². The lowest BCUT2D eigenvalue weighted by atomic mass is 10.2. The molecule has 2 aromatic carbocycles. The highest BCUT2D eigenvalue weighted by molar-refractivity contribution is 6.02. The van der Waals surface area contributed by atoms with Gasteiger partial charge in [-0.3, -0.25) is 14.5 Å². The molecule has 0 aliphatic carbocycles. The molecule has 8 heteroatoms. The monoisotopic (exact) mass is 372 g/mol. The molecule has 8 nitrogen and oxygen atoms in total. The standard InChI is InChI=1S/C19H20N2O6/c1-12(22)21(15-9-14(24-2)5-7-16(15)25-3)10-19(23)20-13-4-6-17-18(8-13)27-11-26-17/h4-9H,10-11H2,1-3H3,(H,20,23). The van der Waals surface area contributed by atoms with E-state index in [4.69, 9.17) is 18.9 Å². The van der Waals surface area contributed by atoms with Crippen molar-refractivity contribution in [2.75, 3.05) is 37.8 Å². The zero-order valence-electron chi connectivity index (χ0n) is 15.3. The van der Waals surface area contributed by atoms with Crippen LogP contribution >= 0.6 is 0 Å². The Morgan fingerprint density at radius 1 is 1.07 bits per heavy atom. The lowest BCUT2D eigenvalue weighted by molar-refractivity contribution is -0.120. The Balaban J connectivity index is 1.78. The van der Waals surface area contributed by atoms with Gasteiger partial charge >= 0.3 is 0 Å². The van der Waals surface area contributed by atoms with Crippen molar-refractivity contribution in [2.45, 2.75) is 6.92 Å².